The second kappa shape index (κ2) is 13.3. The van der Waals surface area contributed by atoms with Gasteiger partial charge in [0.1, 0.15) is 46.0 Å². The zero-order valence-electron chi connectivity index (χ0n) is 36.5. The normalized spacial score (nSPS) is 14.4. The monoisotopic (exact) mass is 916 g/mol. The zero-order chi connectivity index (χ0) is 44.6. The van der Waals surface area contributed by atoms with Crippen molar-refractivity contribution in [2.24, 2.45) is 0 Å². The quantitative estimate of drug-likeness (QED) is 0.161. The Hall–Kier alpha value is -8.11. The van der Waals surface area contributed by atoms with Crippen LogP contribution in [0.15, 0.2) is 188 Å². The smallest absolute Gasteiger partial charge is 0.273 e. The molecule has 9 aromatic carbocycles. The number of para-hydroxylation sites is 2. The van der Waals surface area contributed by atoms with Crippen molar-refractivity contribution in [1.29, 1.82) is 0 Å². The van der Waals surface area contributed by atoms with Gasteiger partial charge in [-0.1, -0.05) is 91.0 Å². The van der Waals surface area contributed by atoms with Gasteiger partial charge < -0.3 is 28.7 Å². The predicted molar refractivity (Wildman–Crippen MR) is 287 cm³/mol. The van der Waals surface area contributed by atoms with Gasteiger partial charge >= 0.3 is 0 Å². The van der Waals surface area contributed by atoms with E-state index < -0.39 is 0 Å². The van der Waals surface area contributed by atoms with E-state index in [1.165, 1.54) is 35.3 Å². The Morgan fingerprint density at radius 2 is 0.739 bits per heavy atom. The number of nitrogens with zero attached hydrogens (tertiary/aromatic N) is 2. The van der Waals surface area contributed by atoms with E-state index in [0.29, 0.717) is 0 Å². The Morgan fingerprint density at radius 1 is 0.319 bits per heavy atom. The Labute approximate surface area is 405 Å². The SMILES string of the molecule is c1ccc(N2c3cc4c(cc3B3c5cc6c(cc5Oc5cccc2c53)N(c2ccccc2)c2cccc3c2B6c2sc5ccccc5c2O3)B2c3sc5ccccc5c3Oc3cccc(c32)O4)cc1. The predicted octanol–water partition coefficient (Wildman–Crippen LogP) is 9.65. The van der Waals surface area contributed by atoms with Crippen LogP contribution < -0.4 is 76.5 Å². The highest BCUT2D eigenvalue weighted by molar-refractivity contribution is 7.34. The average Bonchev–Trinajstić information content (AvgIpc) is 3.96. The Morgan fingerprint density at radius 3 is 1.30 bits per heavy atom. The Balaban J connectivity index is 0.953. The van der Waals surface area contributed by atoms with E-state index in [0.717, 1.165) is 113 Å². The van der Waals surface area contributed by atoms with Crippen LogP contribution in [0.1, 0.15) is 0 Å². The number of rotatable bonds is 2. The van der Waals surface area contributed by atoms with Crippen LogP contribution in [-0.2, 0) is 0 Å². The number of hydrogen-bond acceptors (Lipinski definition) is 8. The molecule has 17 rings (SSSR count). The lowest BCUT2D eigenvalue weighted by molar-refractivity contribution is 0.468. The minimum Gasteiger partial charge on any atom is -0.458 e. The van der Waals surface area contributed by atoms with Crippen LogP contribution in [0.25, 0.3) is 20.2 Å². The summed E-state index contributed by atoms with van der Waals surface area (Å²) in [6.45, 7) is -0.329. The standard InChI is InChI=1S/C58H31B3N2O4S2/c1-3-14-32(15-4-1)62-40-20-11-22-44-52(40)59(36-28-39-49(30-42(36)62)65-46-24-13-25-47-54(46)61(39)58-56(67-47)35-19-8-10-27-51(35)69-58)38-29-37-43(31-48(38)64-44)63(33-16-5-2-6-17-33)41-21-12-23-45-53(41)60(37)57-55(66-45)34-18-7-9-26-50(34)68-57/h1-31H. The first-order valence-electron chi connectivity index (χ1n) is 23.4. The van der Waals surface area contributed by atoms with Crippen molar-refractivity contribution in [3.05, 3.63) is 188 Å². The summed E-state index contributed by atoms with van der Waals surface area (Å²) in [4.78, 5) is 4.81. The summed E-state index contributed by atoms with van der Waals surface area (Å²) in [5.74, 6) is 7.04. The van der Waals surface area contributed by atoms with Gasteiger partial charge in [0.25, 0.3) is 20.1 Å². The van der Waals surface area contributed by atoms with Gasteiger partial charge in [-0.15, -0.1) is 22.7 Å². The molecule has 11 heteroatoms. The topological polar surface area (TPSA) is 43.4 Å². The first-order chi connectivity index (χ1) is 34.2. The number of ether oxygens (including phenoxy) is 4. The van der Waals surface area contributed by atoms with Crippen LogP contribution in [0.4, 0.5) is 34.1 Å². The fraction of sp³-hybridized carbons (Fsp3) is 0. The minimum absolute atomic E-state index is 0.0707. The third-order valence-electron chi connectivity index (χ3n) is 15.1. The fourth-order valence-electron chi connectivity index (χ4n) is 12.3. The van der Waals surface area contributed by atoms with Crippen molar-refractivity contribution in [2.45, 2.75) is 0 Å². The first-order valence-corrected chi connectivity index (χ1v) is 25.0. The molecular weight excluding hydrogens is 885 g/mol. The van der Waals surface area contributed by atoms with Gasteiger partial charge in [-0.3, -0.25) is 0 Å². The lowest BCUT2D eigenvalue weighted by Crippen LogP contribution is -2.64. The van der Waals surface area contributed by atoms with Crippen molar-refractivity contribution in [3.63, 3.8) is 0 Å². The van der Waals surface area contributed by atoms with Gasteiger partial charge in [0, 0.05) is 81.4 Å². The van der Waals surface area contributed by atoms with Crippen LogP contribution in [0.3, 0.4) is 0 Å². The maximum atomic E-state index is 7.28. The summed E-state index contributed by atoms with van der Waals surface area (Å²) in [5, 5.41) is 2.29. The molecule has 0 N–H and O–H groups in total. The van der Waals surface area contributed by atoms with Gasteiger partial charge in [0.15, 0.2) is 0 Å². The van der Waals surface area contributed by atoms with Gasteiger partial charge in [0.05, 0.1) is 0 Å². The van der Waals surface area contributed by atoms with Crippen LogP contribution in [0.2, 0.25) is 0 Å². The van der Waals surface area contributed by atoms with Crippen LogP contribution in [0, 0.1) is 0 Å². The lowest BCUT2D eigenvalue weighted by atomic mass is 9.31. The molecular formula is C58H31B3N2O4S2. The molecule has 0 atom stereocenters. The molecule has 11 aromatic rings. The minimum atomic E-state index is -0.174. The fourth-order valence-corrected chi connectivity index (χ4v) is 14.8. The maximum Gasteiger partial charge on any atom is 0.273 e. The molecule has 0 saturated carbocycles. The molecule has 8 heterocycles. The number of thiophene rings is 2. The molecule has 0 radical (unpaired) electrons. The molecule has 0 aliphatic carbocycles. The van der Waals surface area contributed by atoms with Gasteiger partial charge in [-0.05, 0) is 118 Å². The molecule has 69 heavy (non-hydrogen) atoms. The van der Waals surface area contributed by atoms with Crippen LogP contribution in [-0.4, -0.2) is 20.1 Å². The Bertz CT molecular complexity index is 4100. The summed E-state index contributed by atoms with van der Waals surface area (Å²) in [6.07, 6.45) is 0. The van der Waals surface area contributed by atoms with Crippen molar-refractivity contribution in [3.8, 4) is 46.0 Å². The molecule has 0 unspecified atom stereocenters. The van der Waals surface area contributed by atoms with Crippen LogP contribution in [0.5, 0.6) is 46.0 Å². The molecule has 2 aromatic heterocycles. The molecule has 0 amide bonds. The second-order valence-corrected chi connectivity index (χ2v) is 20.7. The van der Waals surface area contributed by atoms with Crippen molar-refractivity contribution in [1.82, 2.24) is 0 Å². The lowest BCUT2D eigenvalue weighted by Gasteiger charge is -2.43. The molecule has 0 spiro atoms. The second-order valence-electron chi connectivity index (χ2n) is 18.6. The van der Waals surface area contributed by atoms with E-state index in [-0.39, 0.29) is 20.1 Å². The summed E-state index contributed by atoms with van der Waals surface area (Å²) >= 11 is 3.67. The molecule has 0 fully saturated rings. The van der Waals surface area contributed by atoms with Gasteiger partial charge in [-0.25, -0.2) is 0 Å². The molecule has 6 aliphatic rings. The molecule has 0 saturated heterocycles. The first kappa shape index (κ1) is 36.9. The van der Waals surface area contributed by atoms with Crippen LogP contribution >= 0.6 is 22.7 Å². The van der Waals surface area contributed by atoms with Gasteiger partial charge in [0.2, 0.25) is 0 Å². The van der Waals surface area contributed by atoms with E-state index in [1.54, 1.807) is 0 Å². The van der Waals surface area contributed by atoms with E-state index in [2.05, 4.69) is 192 Å². The molecule has 6 nitrogen and oxygen atoms in total. The largest absolute Gasteiger partial charge is 0.458 e. The van der Waals surface area contributed by atoms with Crippen molar-refractivity contribution >= 4 is 145 Å². The molecule has 6 aliphatic heterocycles. The van der Waals surface area contributed by atoms with E-state index in [4.69, 9.17) is 18.9 Å². The van der Waals surface area contributed by atoms with E-state index in [9.17, 15) is 0 Å². The third-order valence-corrected chi connectivity index (χ3v) is 17.5. The Kier molecular flexibility index (Phi) is 7.13. The third kappa shape index (κ3) is 4.83. The molecule has 318 valence electrons. The van der Waals surface area contributed by atoms with E-state index in [1.807, 2.05) is 28.7 Å². The highest BCUT2D eigenvalue weighted by Gasteiger charge is 2.49. The maximum absolute atomic E-state index is 7.28. The average molecular weight is 916 g/mol. The van der Waals surface area contributed by atoms with Crippen molar-refractivity contribution < 1.29 is 18.9 Å². The summed E-state index contributed by atoms with van der Waals surface area (Å²) in [7, 11) is 0. The summed E-state index contributed by atoms with van der Waals surface area (Å²) < 4.78 is 33.0. The highest BCUT2D eigenvalue weighted by atomic mass is 32.1. The number of anilines is 6. The number of benzene rings is 9. The zero-order valence-corrected chi connectivity index (χ0v) is 38.1. The summed E-state index contributed by atoms with van der Waals surface area (Å²) in [6, 6.07) is 67.5. The van der Waals surface area contributed by atoms with E-state index >= 15 is 0 Å². The summed E-state index contributed by atoms with van der Waals surface area (Å²) in [5.41, 5.74) is 14.7. The number of fused-ring (bicyclic) bond motifs is 16. The molecule has 0 bridgehead atoms. The van der Waals surface area contributed by atoms with Crippen molar-refractivity contribution in [2.75, 3.05) is 9.80 Å². The number of hydrogen-bond donors (Lipinski definition) is 0. The van der Waals surface area contributed by atoms with Gasteiger partial charge in [-0.2, -0.15) is 0 Å². The highest BCUT2D eigenvalue weighted by Crippen LogP contribution is 2.48.